The molecular formula is C16H16BrCl2NO. The minimum absolute atomic E-state index is 0.0600. The molecule has 0 aliphatic carbocycles. The number of methoxy groups -OCH3 is 1. The molecule has 21 heavy (non-hydrogen) atoms. The van der Waals surface area contributed by atoms with Crippen LogP contribution in [0.25, 0.3) is 0 Å². The Labute approximate surface area is 143 Å². The van der Waals surface area contributed by atoms with Gasteiger partial charge in [-0.15, -0.1) is 0 Å². The van der Waals surface area contributed by atoms with Crippen molar-refractivity contribution in [2.24, 2.45) is 0 Å². The Kier molecular flexibility index (Phi) is 5.55. The van der Waals surface area contributed by atoms with E-state index in [9.17, 15) is 0 Å². The summed E-state index contributed by atoms with van der Waals surface area (Å²) in [7, 11) is 3.47. The highest BCUT2D eigenvalue weighted by molar-refractivity contribution is 9.10. The van der Waals surface area contributed by atoms with Gasteiger partial charge in [-0.2, -0.15) is 0 Å². The summed E-state index contributed by atoms with van der Waals surface area (Å²) in [5.41, 5.74) is 3.21. The Hall–Kier alpha value is -0.740. The van der Waals surface area contributed by atoms with Crippen molar-refractivity contribution in [3.63, 3.8) is 0 Å². The van der Waals surface area contributed by atoms with Gasteiger partial charge in [-0.25, -0.2) is 0 Å². The normalized spacial score (nSPS) is 12.3. The molecule has 2 rings (SSSR count). The maximum atomic E-state index is 6.40. The Morgan fingerprint density at radius 3 is 2.43 bits per heavy atom. The van der Waals surface area contributed by atoms with Gasteiger partial charge in [0.2, 0.25) is 0 Å². The number of halogens is 3. The van der Waals surface area contributed by atoms with Crippen LogP contribution in [0.4, 0.5) is 0 Å². The van der Waals surface area contributed by atoms with Crippen LogP contribution in [0.3, 0.4) is 0 Å². The molecule has 1 atom stereocenters. The number of ether oxygens (including phenoxy) is 1. The van der Waals surface area contributed by atoms with Crippen molar-refractivity contribution in [2.45, 2.75) is 13.0 Å². The SMILES string of the molecule is CNC(c1cc(Cl)c(OC)cc1Cl)c1cc(C)ccc1Br. The number of rotatable bonds is 4. The molecule has 0 aliphatic heterocycles. The molecule has 2 aromatic rings. The average molecular weight is 389 g/mol. The van der Waals surface area contributed by atoms with Crippen molar-refractivity contribution in [3.8, 4) is 5.75 Å². The van der Waals surface area contributed by atoms with Crippen LogP contribution < -0.4 is 10.1 Å². The van der Waals surface area contributed by atoms with Gasteiger partial charge in [0.05, 0.1) is 18.2 Å². The number of hydrogen-bond donors (Lipinski definition) is 1. The Morgan fingerprint density at radius 1 is 1.10 bits per heavy atom. The fourth-order valence-corrected chi connectivity index (χ4v) is 3.27. The van der Waals surface area contributed by atoms with E-state index in [1.807, 2.05) is 19.2 Å². The molecule has 0 aliphatic rings. The first-order chi connectivity index (χ1) is 9.97. The Morgan fingerprint density at radius 2 is 1.81 bits per heavy atom. The summed E-state index contributed by atoms with van der Waals surface area (Å²) < 4.78 is 6.22. The molecule has 5 heteroatoms. The van der Waals surface area contributed by atoms with E-state index >= 15 is 0 Å². The summed E-state index contributed by atoms with van der Waals surface area (Å²) >= 11 is 16.2. The third kappa shape index (κ3) is 3.54. The van der Waals surface area contributed by atoms with Gasteiger partial charge in [0, 0.05) is 15.6 Å². The van der Waals surface area contributed by atoms with E-state index < -0.39 is 0 Å². The molecule has 0 aromatic heterocycles. The zero-order valence-corrected chi connectivity index (χ0v) is 15.1. The minimum Gasteiger partial charge on any atom is -0.495 e. The average Bonchev–Trinajstić information content (AvgIpc) is 2.46. The van der Waals surface area contributed by atoms with E-state index in [-0.39, 0.29) is 6.04 Å². The molecule has 0 radical (unpaired) electrons. The molecule has 2 aromatic carbocycles. The highest BCUT2D eigenvalue weighted by atomic mass is 79.9. The first-order valence-electron chi connectivity index (χ1n) is 6.44. The topological polar surface area (TPSA) is 21.3 Å². The molecule has 0 fully saturated rings. The highest BCUT2D eigenvalue weighted by Gasteiger charge is 2.20. The van der Waals surface area contributed by atoms with Crippen LogP contribution in [-0.2, 0) is 0 Å². The van der Waals surface area contributed by atoms with Crippen LogP contribution in [0.15, 0.2) is 34.8 Å². The van der Waals surface area contributed by atoms with Gasteiger partial charge in [0.25, 0.3) is 0 Å². The van der Waals surface area contributed by atoms with Crippen LogP contribution in [0.2, 0.25) is 10.0 Å². The maximum absolute atomic E-state index is 6.40. The zero-order valence-electron chi connectivity index (χ0n) is 12.0. The van der Waals surface area contributed by atoms with Crippen molar-refractivity contribution in [3.05, 3.63) is 61.5 Å². The predicted octanol–water partition coefficient (Wildman–Crippen LogP) is 5.38. The van der Waals surface area contributed by atoms with Crippen molar-refractivity contribution in [2.75, 3.05) is 14.2 Å². The van der Waals surface area contributed by atoms with Gasteiger partial charge in [-0.05, 0) is 37.2 Å². The van der Waals surface area contributed by atoms with E-state index in [2.05, 4.69) is 40.3 Å². The summed E-state index contributed by atoms with van der Waals surface area (Å²) in [5, 5.41) is 4.45. The number of hydrogen-bond acceptors (Lipinski definition) is 2. The Bertz CT molecular complexity index is 661. The third-order valence-corrected chi connectivity index (χ3v) is 4.68. The fourth-order valence-electron chi connectivity index (χ4n) is 2.28. The lowest BCUT2D eigenvalue weighted by Crippen LogP contribution is -2.19. The van der Waals surface area contributed by atoms with Gasteiger partial charge in [-0.3, -0.25) is 0 Å². The maximum Gasteiger partial charge on any atom is 0.138 e. The van der Waals surface area contributed by atoms with Gasteiger partial charge < -0.3 is 10.1 Å². The standard InChI is InChI=1S/C16H16BrCl2NO/c1-9-4-5-12(17)10(6-9)16(20-2)11-7-14(19)15(21-3)8-13(11)18/h4-8,16,20H,1-3H3. The molecule has 1 N–H and O–H groups in total. The van der Waals surface area contributed by atoms with Crippen LogP contribution >= 0.6 is 39.1 Å². The van der Waals surface area contributed by atoms with E-state index in [0.29, 0.717) is 15.8 Å². The molecule has 0 heterocycles. The number of nitrogens with one attached hydrogen (secondary N) is 1. The molecular weight excluding hydrogens is 373 g/mol. The first kappa shape index (κ1) is 16.6. The lowest BCUT2D eigenvalue weighted by atomic mass is 9.97. The van der Waals surface area contributed by atoms with Crippen LogP contribution in [0.5, 0.6) is 5.75 Å². The quantitative estimate of drug-likeness (QED) is 0.758. The molecule has 0 spiro atoms. The Balaban J connectivity index is 2.56. The predicted molar refractivity (Wildman–Crippen MR) is 92.8 cm³/mol. The van der Waals surface area contributed by atoms with Crippen LogP contribution in [0.1, 0.15) is 22.7 Å². The van der Waals surface area contributed by atoms with Gasteiger partial charge in [-0.1, -0.05) is 56.8 Å². The van der Waals surface area contributed by atoms with Crippen molar-refractivity contribution in [1.82, 2.24) is 5.32 Å². The summed E-state index contributed by atoms with van der Waals surface area (Å²) in [5.74, 6) is 0.573. The number of benzene rings is 2. The summed E-state index contributed by atoms with van der Waals surface area (Å²) in [6, 6.07) is 9.75. The third-order valence-electron chi connectivity index (χ3n) is 3.33. The lowest BCUT2D eigenvalue weighted by Gasteiger charge is -2.21. The lowest BCUT2D eigenvalue weighted by molar-refractivity contribution is 0.415. The van der Waals surface area contributed by atoms with Gasteiger partial charge in [0.1, 0.15) is 5.75 Å². The molecule has 0 amide bonds. The van der Waals surface area contributed by atoms with Crippen molar-refractivity contribution >= 4 is 39.1 Å². The van der Waals surface area contributed by atoms with E-state index in [4.69, 9.17) is 27.9 Å². The second-order valence-corrected chi connectivity index (χ2v) is 6.42. The molecule has 2 nitrogen and oxygen atoms in total. The summed E-state index contributed by atoms with van der Waals surface area (Å²) in [4.78, 5) is 0. The molecule has 1 unspecified atom stereocenters. The highest BCUT2D eigenvalue weighted by Crippen LogP contribution is 2.38. The monoisotopic (exact) mass is 387 g/mol. The molecule has 0 saturated carbocycles. The molecule has 0 bridgehead atoms. The van der Waals surface area contributed by atoms with Gasteiger partial charge >= 0.3 is 0 Å². The molecule has 0 saturated heterocycles. The second-order valence-electron chi connectivity index (χ2n) is 4.75. The fraction of sp³-hybridized carbons (Fsp3) is 0.250. The summed E-state index contributed by atoms with van der Waals surface area (Å²) in [6.07, 6.45) is 0. The minimum atomic E-state index is -0.0600. The van der Waals surface area contributed by atoms with E-state index in [1.165, 1.54) is 5.56 Å². The number of aryl methyl sites for hydroxylation is 1. The van der Waals surface area contributed by atoms with Crippen LogP contribution in [-0.4, -0.2) is 14.2 Å². The van der Waals surface area contributed by atoms with Crippen LogP contribution in [0, 0.1) is 6.92 Å². The van der Waals surface area contributed by atoms with Gasteiger partial charge in [0.15, 0.2) is 0 Å². The van der Waals surface area contributed by atoms with Crippen molar-refractivity contribution < 1.29 is 4.74 Å². The smallest absolute Gasteiger partial charge is 0.138 e. The molecule has 112 valence electrons. The van der Waals surface area contributed by atoms with E-state index in [1.54, 1.807) is 13.2 Å². The summed E-state index contributed by atoms with van der Waals surface area (Å²) in [6.45, 7) is 2.06. The first-order valence-corrected chi connectivity index (χ1v) is 7.99. The zero-order chi connectivity index (χ0) is 15.6. The second kappa shape index (κ2) is 7.01. The van der Waals surface area contributed by atoms with Crippen molar-refractivity contribution in [1.29, 1.82) is 0 Å². The largest absolute Gasteiger partial charge is 0.495 e. The van der Waals surface area contributed by atoms with E-state index in [0.717, 1.165) is 15.6 Å².